The molecule has 0 radical (unpaired) electrons. The number of non-ortho nitro benzene ring substituents is 1. The van der Waals surface area contributed by atoms with Gasteiger partial charge in [-0.3, -0.25) is 29.8 Å². The molecule has 3 aromatic carbocycles. The first kappa shape index (κ1) is 19.3. The lowest BCUT2D eigenvalue weighted by atomic mass is 9.51. The number of nitrogens with zero attached hydrogens (tertiary/aromatic N) is 3. The van der Waals surface area contributed by atoms with E-state index in [1.165, 1.54) is 24.3 Å². The molecule has 0 N–H and O–H groups in total. The number of rotatable bonds is 3. The van der Waals surface area contributed by atoms with Crippen LogP contribution in [0.5, 0.6) is 0 Å². The molecule has 33 heavy (non-hydrogen) atoms. The molecule has 2 amide bonds. The lowest BCUT2D eigenvalue weighted by Crippen LogP contribution is -2.57. The van der Waals surface area contributed by atoms with Gasteiger partial charge in [-0.2, -0.15) is 0 Å². The summed E-state index contributed by atoms with van der Waals surface area (Å²) in [6.45, 7) is 0. The SMILES string of the molecule is O=C1[C@@H]2C3c4ccccc4C([N+](=O)[O-])(c4ccccc43)[C@@H]2C(=O)N1c1ccc([N+](=O)[O-])cc1. The Kier molecular flexibility index (Phi) is 3.69. The van der Waals surface area contributed by atoms with Gasteiger partial charge in [0, 0.05) is 34.1 Å². The molecule has 1 fully saturated rings. The van der Waals surface area contributed by atoms with E-state index in [1.807, 2.05) is 0 Å². The van der Waals surface area contributed by atoms with Gasteiger partial charge in [-0.15, -0.1) is 0 Å². The summed E-state index contributed by atoms with van der Waals surface area (Å²) in [5.41, 5.74) is 0.322. The molecular formula is C24H15N3O6. The third-order valence-corrected chi connectivity index (χ3v) is 7.18. The Hall–Kier alpha value is -4.40. The van der Waals surface area contributed by atoms with Gasteiger partial charge in [0.15, 0.2) is 0 Å². The number of imide groups is 1. The van der Waals surface area contributed by atoms with E-state index in [1.54, 1.807) is 48.5 Å². The normalized spacial score (nSPS) is 26.5. The van der Waals surface area contributed by atoms with Crippen molar-refractivity contribution in [2.24, 2.45) is 11.8 Å². The molecule has 0 spiro atoms. The third kappa shape index (κ3) is 2.16. The zero-order valence-corrected chi connectivity index (χ0v) is 17.0. The zero-order chi connectivity index (χ0) is 23.1. The number of hydrogen-bond acceptors (Lipinski definition) is 6. The van der Waals surface area contributed by atoms with Gasteiger partial charge < -0.3 is 0 Å². The van der Waals surface area contributed by atoms with E-state index < -0.39 is 45.0 Å². The second-order valence-corrected chi connectivity index (χ2v) is 8.46. The second kappa shape index (κ2) is 6.32. The van der Waals surface area contributed by atoms with Crippen LogP contribution < -0.4 is 4.90 Å². The molecule has 2 bridgehead atoms. The summed E-state index contributed by atoms with van der Waals surface area (Å²) in [5.74, 6) is -3.85. The van der Waals surface area contributed by atoms with E-state index in [-0.39, 0.29) is 11.4 Å². The molecule has 4 aliphatic rings. The number of anilines is 1. The van der Waals surface area contributed by atoms with Crippen molar-refractivity contribution in [3.63, 3.8) is 0 Å². The predicted octanol–water partition coefficient (Wildman–Crippen LogP) is 3.38. The maximum absolute atomic E-state index is 13.8. The lowest BCUT2D eigenvalue weighted by molar-refractivity contribution is -0.578. The quantitative estimate of drug-likeness (QED) is 0.349. The number of benzene rings is 3. The molecule has 0 unspecified atom stereocenters. The Morgan fingerprint density at radius 2 is 1.30 bits per heavy atom. The Balaban J connectivity index is 1.61. The number of hydrogen-bond donors (Lipinski definition) is 0. The number of carbonyl (C=O) groups is 2. The standard InChI is InChI=1S/C24H15N3O6/c28-22-20-19-15-5-1-3-7-17(15)24(27(32)33,18-8-4-2-6-16(18)19)21(20)23(29)25(22)13-9-11-14(12-10-13)26(30)31/h1-12,19-21H/t19?,20-,21+,24?/m1/s1. The summed E-state index contributed by atoms with van der Waals surface area (Å²) in [4.78, 5) is 51.3. The second-order valence-electron chi connectivity index (χ2n) is 8.46. The van der Waals surface area contributed by atoms with Crippen LogP contribution in [0, 0.1) is 32.1 Å². The Morgan fingerprint density at radius 3 is 1.82 bits per heavy atom. The molecule has 162 valence electrons. The van der Waals surface area contributed by atoms with Gasteiger partial charge in [0.1, 0.15) is 5.92 Å². The molecule has 9 nitrogen and oxygen atoms in total. The molecule has 9 heteroatoms. The van der Waals surface area contributed by atoms with Crippen LogP contribution in [0.15, 0.2) is 72.8 Å². The fourth-order valence-electron chi connectivity index (χ4n) is 6.02. The van der Waals surface area contributed by atoms with Gasteiger partial charge in [0.2, 0.25) is 11.8 Å². The summed E-state index contributed by atoms with van der Waals surface area (Å²) in [6, 6.07) is 19.0. The van der Waals surface area contributed by atoms with Crippen LogP contribution in [0.3, 0.4) is 0 Å². The summed E-state index contributed by atoms with van der Waals surface area (Å²) < 4.78 is 0. The van der Waals surface area contributed by atoms with Gasteiger partial charge in [-0.25, -0.2) is 4.90 Å². The van der Waals surface area contributed by atoms with Crippen molar-refractivity contribution in [3.8, 4) is 0 Å². The average Bonchev–Trinajstić information content (AvgIpc) is 3.09. The van der Waals surface area contributed by atoms with Gasteiger partial charge >= 0.3 is 0 Å². The van der Waals surface area contributed by atoms with Gasteiger partial charge in [-0.05, 0) is 23.3 Å². The monoisotopic (exact) mass is 441 g/mol. The van der Waals surface area contributed by atoms with E-state index in [0.29, 0.717) is 22.3 Å². The van der Waals surface area contributed by atoms with Gasteiger partial charge in [-0.1, -0.05) is 48.5 Å². The molecule has 3 aliphatic carbocycles. The summed E-state index contributed by atoms with van der Waals surface area (Å²) in [5, 5.41) is 23.9. The first-order chi connectivity index (χ1) is 15.9. The topological polar surface area (TPSA) is 124 Å². The number of nitro groups is 2. The fourth-order valence-corrected chi connectivity index (χ4v) is 6.02. The van der Waals surface area contributed by atoms with Crippen LogP contribution in [-0.2, 0) is 15.1 Å². The maximum atomic E-state index is 13.8. The Morgan fingerprint density at radius 1 is 0.758 bits per heavy atom. The minimum atomic E-state index is -1.89. The van der Waals surface area contributed by atoms with Crippen molar-refractivity contribution in [3.05, 3.63) is 115 Å². The van der Waals surface area contributed by atoms with Crippen LogP contribution in [0.25, 0.3) is 0 Å². The van der Waals surface area contributed by atoms with E-state index in [9.17, 15) is 29.8 Å². The van der Waals surface area contributed by atoms with Crippen LogP contribution in [0.4, 0.5) is 11.4 Å². The minimum absolute atomic E-state index is 0.163. The number of carbonyl (C=O) groups excluding carboxylic acids is 2. The molecule has 1 aliphatic heterocycles. The smallest absolute Gasteiger partial charge is 0.274 e. The summed E-state index contributed by atoms with van der Waals surface area (Å²) >= 11 is 0. The van der Waals surface area contributed by atoms with Crippen LogP contribution in [-0.4, -0.2) is 21.7 Å². The molecule has 1 heterocycles. The highest BCUT2D eigenvalue weighted by molar-refractivity contribution is 6.23. The van der Waals surface area contributed by atoms with Crippen LogP contribution in [0.2, 0.25) is 0 Å². The van der Waals surface area contributed by atoms with Gasteiger partial charge in [0.05, 0.1) is 16.5 Å². The Bertz CT molecular complexity index is 1350. The summed E-state index contributed by atoms with van der Waals surface area (Å²) in [6.07, 6.45) is 0. The van der Waals surface area contributed by atoms with Crippen LogP contribution in [0.1, 0.15) is 28.2 Å². The van der Waals surface area contributed by atoms with Crippen molar-refractivity contribution in [2.75, 3.05) is 4.90 Å². The fraction of sp³-hybridized carbons (Fsp3) is 0.167. The van der Waals surface area contributed by atoms with Crippen molar-refractivity contribution in [1.82, 2.24) is 0 Å². The molecule has 2 atom stereocenters. The first-order valence-corrected chi connectivity index (χ1v) is 10.3. The maximum Gasteiger partial charge on any atom is 0.285 e. The molecule has 0 saturated carbocycles. The van der Waals surface area contributed by atoms with Crippen molar-refractivity contribution in [2.45, 2.75) is 11.5 Å². The minimum Gasteiger partial charge on any atom is -0.274 e. The highest BCUT2D eigenvalue weighted by Crippen LogP contribution is 2.64. The molecule has 3 aromatic rings. The summed E-state index contributed by atoms with van der Waals surface area (Å²) in [7, 11) is 0. The van der Waals surface area contributed by atoms with E-state index >= 15 is 0 Å². The third-order valence-electron chi connectivity index (χ3n) is 7.18. The van der Waals surface area contributed by atoms with Crippen molar-refractivity contribution >= 4 is 23.2 Å². The van der Waals surface area contributed by atoms with Gasteiger partial charge in [0.25, 0.3) is 11.2 Å². The number of amides is 2. The Labute approximate surface area is 186 Å². The highest BCUT2D eigenvalue weighted by atomic mass is 16.6. The molecular weight excluding hydrogens is 426 g/mol. The predicted molar refractivity (Wildman–Crippen MR) is 115 cm³/mol. The molecule has 0 aromatic heterocycles. The van der Waals surface area contributed by atoms with Crippen LogP contribution >= 0.6 is 0 Å². The highest BCUT2D eigenvalue weighted by Gasteiger charge is 2.74. The van der Waals surface area contributed by atoms with E-state index in [0.717, 1.165) is 4.90 Å². The number of nitro benzene ring substituents is 1. The molecule has 1 saturated heterocycles. The first-order valence-electron chi connectivity index (χ1n) is 10.3. The molecule has 7 rings (SSSR count). The largest absolute Gasteiger partial charge is 0.285 e. The lowest BCUT2D eigenvalue weighted by Gasteiger charge is -2.48. The van der Waals surface area contributed by atoms with E-state index in [2.05, 4.69) is 0 Å². The van der Waals surface area contributed by atoms with Crippen molar-refractivity contribution in [1.29, 1.82) is 0 Å². The average molecular weight is 441 g/mol. The van der Waals surface area contributed by atoms with E-state index in [4.69, 9.17) is 0 Å². The van der Waals surface area contributed by atoms with Crippen molar-refractivity contribution < 1.29 is 19.4 Å². The zero-order valence-electron chi connectivity index (χ0n) is 17.0.